The van der Waals surface area contributed by atoms with Gasteiger partial charge in [0, 0.05) is 24.5 Å². The highest BCUT2D eigenvalue weighted by atomic mass is 32.2. The van der Waals surface area contributed by atoms with Crippen LogP contribution in [0.4, 0.5) is 8.78 Å². The lowest BCUT2D eigenvalue weighted by Crippen LogP contribution is -2.46. The number of nitrogens with one attached hydrogen (secondary N) is 1. The number of benzene rings is 2. The van der Waals surface area contributed by atoms with Gasteiger partial charge in [0.05, 0.1) is 5.56 Å². The van der Waals surface area contributed by atoms with Crippen molar-refractivity contribution in [1.82, 2.24) is 9.62 Å². The first kappa shape index (κ1) is 27.7. The van der Waals surface area contributed by atoms with Crippen LogP contribution in [0.5, 0.6) is 11.5 Å². The number of hydrogen-bond donors (Lipinski definition) is 1. The number of nitriles is 1. The molecule has 2 aromatic carbocycles. The highest BCUT2D eigenvalue weighted by Crippen LogP contribution is 2.31. The molecule has 0 bridgehead atoms. The van der Waals surface area contributed by atoms with Crippen molar-refractivity contribution in [2.75, 3.05) is 33.9 Å². The zero-order valence-electron chi connectivity index (χ0n) is 20.7. The van der Waals surface area contributed by atoms with Gasteiger partial charge in [0.2, 0.25) is 0 Å². The van der Waals surface area contributed by atoms with E-state index in [-0.39, 0.29) is 29.6 Å². The van der Waals surface area contributed by atoms with Gasteiger partial charge in [0.15, 0.2) is 11.6 Å². The Labute approximate surface area is 214 Å². The molecule has 0 saturated carbocycles. The molecule has 0 radical (unpaired) electrons. The molecule has 0 aromatic heterocycles. The first-order valence-corrected chi connectivity index (χ1v) is 12.6. The standard InChI is InChI=1S/C26H31F2N3O4S/c1-26(11-4-5-13-34-26)25(32)30-36-22-14-18(16-29)24(23(28)15-22)35-21(10-12-31(2)3)17-33-20-8-6-19(27)7-9-20/h6-9,14-15,21H,4-5,10-13,17H2,1-3H3,(H,30,32). The summed E-state index contributed by atoms with van der Waals surface area (Å²) in [5.41, 5.74) is -0.918. The molecule has 1 saturated heterocycles. The molecule has 7 nitrogen and oxygen atoms in total. The van der Waals surface area contributed by atoms with E-state index in [1.165, 1.54) is 36.4 Å². The highest BCUT2D eigenvalue weighted by Gasteiger charge is 2.36. The SMILES string of the molecule is CN(C)CCC(COc1ccc(F)cc1)Oc1c(F)cc(SNC(=O)C2(C)CCCCO2)cc1C#N. The summed E-state index contributed by atoms with van der Waals surface area (Å²) in [5, 5.41) is 9.67. The third-order valence-corrected chi connectivity index (χ3v) is 6.54. The molecule has 2 unspecified atom stereocenters. The predicted octanol–water partition coefficient (Wildman–Crippen LogP) is 4.70. The number of amides is 1. The number of ether oxygens (including phenoxy) is 3. The summed E-state index contributed by atoms with van der Waals surface area (Å²) >= 11 is 0.927. The molecule has 1 aliphatic rings. The summed E-state index contributed by atoms with van der Waals surface area (Å²) in [4.78, 5) is 14.9. The number of carbonyl (C=O) groups excluding carboxylic acids is 1. The van der Waals surface area contributed by atoms with E-state index in [1.54, 1.807) is 6.92 Å². The molecule has 36 heavy (non-hydrogen) atoms. The molecule has 2 atom stereocenters. The fourth-order valence-corrected chi connectivity index (χ4v) is 4.39. The molecule has 1 amide bonds. The second-order valence-corrected chi connectivity index (χ2v) is 9.94. The Morgan fingerprint density at radius 1 is 1.28 bits per heavy atom. The molecular formula is C26H31F2N3O4S. The van der Waals surface area contributed by atoms with Crippen molar-refractivity contribution in [1.29, 1.82) is 5.26 Å². The van der Waals surface area contributed by atoms with Crippen LogP contribution in [-0.4, -0.2) is 56.4 Å². The molecule has 1 heterocycles. The lowest BCUT2D eigenvalue weighted by molar-refractivity contribution is -0.148. The molecule has 1 aliphatic heterocycles. The quantitative estimate of drug-likeness (QED) is 0.431. The maximum Gasteiger partial charge on any atom is 0.262 e. The predicted molar refractivity (Wildman–Crippen MR) is 133 cm³/mol. The van der Waals surface area contributed by atoms with Crippen LogP contribution >= 0.6 is 11.9 Å². The van der Waals surface area contributed by atoms with Crippen molar-refractivity contribution in [3.05, 3.63) is 53.6 Å². The number of rotatable bonds is 11. The number of hydrogen-bond acceptors (Lipinski definition) is 7. The summed E-state index contributed by atoms with van der Waals surface area (Å²) in [6.45, 7) is 2.98. The highest BCUT2D eigenvalue weighted by molar-refractivity contribution is 7.98. The van der Waals surface area contributed by atoms with Gasteiger partial charge in [0.1, 0.15) is 35.9 Å². The van der Waals surface area contributed by atoms with Gasteiger partial charge in [0.25, 0.3) is 5.91 Å². The molecule has 194 valence electrons. The van der Waals surface area contributed by atoms with Gasteiger partial charge in [-0.25, -0.2) is 8.78 Å². The minimum absolute atomic E-state index is 0.00325. The molecule has 1 N–H and O–H groups in total. The Bertz CT molecular complexity index is 1070. The monoisotopic (exact) mass is 519 g/mol. The van der Waals surface area contributed by atoms with Crippen molar-refractivity contribution >= 4 is 17.9 Å². The first-order chi connectivity index (χ1) is 17.2. The van der Waals surface area contributed by atoms with E-state index in [9.17, 15) is 14.4 Å². The Morgan fingerprint density at radius 3 is 2.67 bits per heavy atom. The van der Waals surface area contributed by atoms with E-state index in [0.717, 1.165) is 24.8 Å². The summed E-state index contributed by atoms with van der Waals surface area (Å²) < 4.78 is 48.2. The van der Waals surface area contributed by atoms with Crippen molar-refractivity contribution in [3.63, 3.8) is 0 Å². The van der Waals surface area contributed by atoms with Gasteiger partial charge in [-0.05, 0) is 88.6 Å². The Balaban J connectivity index is 1.69. The van der Waals surface area contributed by atoms with Crippen LogP contribution in [0.1, 0.15) is 38.2 Å². The Kier molecular flexibility index (Phi) is 9.93. The van der Waals surface area contributed by atoms with Gasteiger partial charge < -0.3 is 19.1 Å². The van der Waals surface area contributed by atoms with Gasteiger partial charge in [-0.1, -0.05) is 0 Å². The van der Waals surface area contributed by atoms with Crippen LogP contribution in [-0.2, 0) is 9.53 Å². The van der Waals surface area contributed by atoms with E-state index >= 15 is 4.39 Å². The maximum atomic E-state index is 15.1. The van der Waals surface area contributed by atoms with Crippen LogP contribution in [0.15, 0.2) is 41.3 Å². The minimum atomic E-state index is -0.922. The molecule has 10 heteroatoms. The first-order valence-electron chi connectivity index (χ1n) is 11.7. The van der Waals surface area contributed by atoms with E-state index in [2.05, 4.69) is 4.72 Å². The fraction of sp³-hybridized carbons (Fsp3) is 0.462. The van der Waals surface area contributed by atoms with E-state index in [4.69, 9.17) is 14.2 Å². The Hall–Kier alpha value is -2.87. The van der Waals surface area contributed by atoms with Crippen LogP contribution in [0.25, 0.3) is 0 Å². The normalized spacial score (nSPS) is 18.4. The third kappa shape index (κ3) is 7.82. The van der Waals surface area contributed by atoms with Crippen LogP contribution in [0.3, 0.4) is 0 Å². The van der Waals surface area contributed by atoms with Crippen molar-refractivity contribution in [2.45, 2.75) is 49.2 Å². The largest absolute Gasteiger partial charge is 0.490 e. The summed E-state index contributed by atoms with van der Waals surface area (Å²) in [6, 6.07) is 10.2. The second-order valence-electron chi connectivity index (χ2n) is 9.06. The summed E-state index contributed by atoms with van der Waals surface area (Å²) in [5.74, 6) is -1.12. The molecule has 0 spiro atoms. The summed E-state index contributed by atoms with van der Waals surface area (Å²) in [6.07, 6.45) is 2.36. The fourth-order valence-electron chi connectivity index (χ4n) is 3.62. The molecule has 2 aromatic rings. The van der Waals surface area contributed by atoms with Gasteiger partial charge in [-0.2, -0.15) is 5.26 Å². The molecule has 0 aliphatic carbocycles. The molecule has 3 rings (SSSR count). The van der Waals surface area contributed by atoms with Crippen molar-refractivity contribution in [3.8, 4) is 17.6 Å². The average Bonchev–Trinajstić information content (AvgIpc) is 2.86. The smallest absolute Gasteiger partial charge is 0.262 e. The van der Waals surface area contributed by atoms with E-state index < -0.39 is 17.5 Å². The van der Waals surface area contributed by atoms with E-state index in [1.807, 2.05) is 25.1 Å². The van der Waals surface area contributed by atoms with Crippen LogP contribution in [0.2, 0.25) is 0 Å². The zero-order chi connectivity index (χ0) is 26.1. The van der Waals surface area contributed by atoms with E-state index in [0.29, 0.717) is 36.6 Å². The maximum absolute atomic E-state index is 15.1. The number of nitrogens with zero attached hydrogens (tertiary/aromatic N) is 2. The lowest BCUT2D eigenvalue weighted by Gasteiger charge is -2.32. The van der Waals surface area contributed by atoms with Gasteiger partial charge in [-0.15, -0.1) is 0 Å². The number of halogens is 2. The molecular weight excluding hydrogens is 488 g/mol. The topological polar surface area (TPSA) is 83.8 Å². The third-order valence-electron chi connectivity index (χ3n) is 5.78. The van der Waals surface area contributed by atoms with Crippen LogP contribution < -0.4 is 14.2 Å². The number of carbonyl (C=O) groups is 1. The summed E-state index contributed by atoms with van der Waals surface area (Å²) in [7, 11) is 3.80. The lowest BCUT2D eigenvalue weighted by atomic mass is 9.95. The van der Waals surface area contributed by atoms with Crippen molar-refractivity contribution in [2.24, 2.45) is 0 Å². The van der Waals surface area contributed by atoms with Crippen LogP contribution in [0, 0.1) is 23.0 Å². The minimum Gasteiger partial charge on any atom is -0.490 e. The second kappa shape index (κ2) is 12.9. The zero-order valence-corrected chi connectivity index (χ0v) is 21.5. The van der Waals surface area contributed by atoms with Gasteiger partial charge in [-0.3, -0.25) is 9.52 Å². The molecule has 1 fully saturated rings. The van der Waals surface area contributed by atoms with Crippen molar-refractivity contribution < 1.29 is 27.8 Å². The average molecular weight is 520 g/mol. The Morgan fingerprint density at radius 2 is 2.03 bits per heavy atom. The van der Waals surface area contributed by atoms with Gasteiger partial charge >= 0.3 is 0 Å².